The summed E-state index contributed by atoms with van der Waals surface area (Å²) in [6.45, 7) is 3.30. The van der Waals surface area contributed by atoms with E-state index in [-0.39, 0.29) is 5.97 Å². The van der Waals surface area contributed by atoms with Crippen LogP contribution < -0.4 is 4.74 Å². The van der Waals surface area contributed by atoms with Gasteiger partial charge >= 0.3 is 5.97 Å². The fourth-order valence-electron chi connectivity index (χ4n) is 4.51. The van der Waals surface area contributed by atoms with Gasteiger partial charge in [0.25, 0.3) is 0 Å². The number of benzene rings is 1. The topological polar surface area (TPSA) is 38.8 Å². The smallest absolute Gasteiger partial charge is 0.309 e. The van der Waals surface area contributed by atoms with E-state index in [1.807, 2.05) is 24.3 Å². The zero-order valence-electron chi connectivity index (χ0n) is 14.9. The number of likely N-dealkylation sites (tertiary alicyclic amines) is 1. The third-order valence-corrected chi connectivity index (χ3v) is 5.67. The van der Waals surface area contributed by atoms with Gasteiger partial charge in [0.05, 0.1) is 20.1 Å². The molecule has 1 aromatic carbocycles. The molecule has 0 amide bonds. The number of esters is 1. The highest BCUT2D eigenvalue weighted by atomic mass is 16.5. The lowest BCUT2D eigenvalue weighted by Crippen LogP contribution is -2.47. The van der Waals surface area contributed by atoms with Gasteiger partial charge in [0.2, 0.25) is 0 Å². The first-order valence-corrected chi connectivity index (χ1v) is 9.13. The molecule has 132 valence electrons. The van der Waals surface area contributed by atoms with Crippen LogP contribution in [0.1, 0.15) is 31.2 Å². The third-order valence-electron chi connectivity index (χ3n) is 5.67. The van der Waals surface area contributed by atoms with Gasteiger partial charge in [-0.15, -0.1) is 0 Å². The highest BCUT2D eigenvalue weighted by Crippen LogP contribution is 2.41. The minimum Gasteiger partial charge on any atom is -0.494 e. The molecular weight excluding hydrogens is 302 g/mol. The second-order valence-electron chi connectivity index (χ2n) is 7.37. The maximum atomic E-state index is 11.3. The number of methoxy groups -OCH3 is 1. The summed E-state index contributed by atoms with van der Waals surface area (Å²) >= 11 is 0. The van der Waals surface area contributed by atoms with Crippen LogP contribution in [0.3, 0.4) is 0 Å². The Morgan fingerprint density at radius 3 is 2.46 bits per heavy atom. The molecule has 2 bridgehead atoms. The van der Waals surface area contributed by atoms with Crippen LogP contribution in [0.15, 0.2) is 24.3 Å². The van der Waals surface area contributed by atoms with E-state index in [2.05, 4.69) is 16.7 Å². The Kier molecular flexibility index (Phi) is 5.77. The van der Waals surface area contributed by atoms with Gasteiger partial charge in [-0.05, 0) is 61.8 Å². The Balaban J connectivity index is 1.47. The molecule has 0 spiro atoms. The molecular formula is C20H29NO3. The molecule has 24 heavy (non-hydrogen) atoms. The van der Waals surface area contributed by atoms with E-state index in [0.29, 0.717) is 6.42 Å². The van der Waals surface area contributed by atoms with Gasteiger partial charge in [0, 0.05) is 13.1 Å². The summed E-state index contributed by atoms with van der Waals surface area (Å²) < 4.78 is 10.6. The summed E-state index contributed by atoms with van der Waals surface area (Å²) in [5.41, 5.74) is 0.957. The van der Waals surface area contributed by atoms with E-state index < -0.39 is 0 Å². The average Bonchev–Trinajstić information content (AvgIpc) is 2.57. The Morgan fingerprint density at radius 2 is 1.83 bits per heavy atom. The van der Waals surface area contributed by atoms with Crippen molar-refractivity contribution in [1.29, 1.82) is 0 Å². The number of piperidine rings is 1. The van der Waals surface area contributed by atoms with Crippen molar-refractivity contribution in [2.24, 2.45) is 17.8 Å². The molecule has 0 radical (unpaired) electrons. The molecule has 0 aromatic heterocycles. The number of nitrogens with zero attached hydrogens (tertiary/aromatic N) is 1. The van der Waals surface area contributed by atoms with Gasteiger partial charge in [-0.1, -0.05) is 18.6 Å². The summed E-state index contributed by atoms with van der Waals surface area (Å²) in [4.78, 5) is 13.8. The molecule has 0 N–H and O–H groups in total. The van der Waals surface area contributed by atoms with Gasteiger partial charge in [-0.3, -0.25) is 4.79 Å². The van der Waals surface area contributed by atoms with Crippen LogP contribution in [0, 0.1) is 17.8 Å². The fourth-order valence-corrected chi connectivity index (χ4v) is 4.51. The second-order valence-corrected chi connectivity index (χ2v) is 7.37. The molecule has 2 fully saturated rings. The molecule has 3 atom stereocenters. The fraction of sp³-hybridized carbons (Fsp3) is 0.650. The number of rotatable bonds is 6. The Morgan fingerprint density at radius 1 is 1.17 bits per heavy atom. The van der Waals surface area contributed by atoms with Crippen LogP contribution in [0.5, 0.6) is 5.75 Å². The first-order valence-electron chi connectivity index (χ1n) is 9.13. The number of ether oxygens (including phenoxy) is 2. The van der Waals surface area contributed by atoms with Crippen molar-refractivity contribution in [2.45, 2.75) is 32.1 Å². The van der Waals surface area contributed by atoms with E-state index in [4.69, 9.17) is 4.74 Å². The summed E-state index contributed by atoms with van der Waals surface area (Å²) in [6, 6.07) is 7.79. The zero-order valence-corrected chi connectivity index (χ0v) is 14.9. The van der Waals surface area contributed by atoms with Crippen LogP contribution in [-0.4, -0.2) is 44.7 Å². The van der Waals surface area contributed by atoms with E-state index in [0.717, 1.165) is 42.1 Å². The predicted octanol–water partition coefficient (Wildman–Crippen LogP) is 3.15. The number of fused-ring (bicyclic) bond motifs is 2. The first kappa shape index (κ1) is 17.3. The molecule has 1 saturated carbocycles. The number of carbonyl (C=O) groups is 1. The average molecular weight is 331 g/mol. The highest BCUT2D eigenvalue weighted by molar-refractivity contribution is 5.72. The van der Waals surface area contributed by atoms with Crippen molar-refractivity contribution in [1.82, 2.24) is 4.90 Å². The molecule has 4 nitrogen and oxygen atoms in total. The molecule has 1 aromatic rings. The Hall–Kier alpha value is -1.55. The van der Waals surface area contributed by atoms with Crippen molar-refractivity contribution in [3.63, 3.8) is 0 Å². The molecule has 1 unspecified atom stereocenters. The van der Waals surface area contributed by atoms with E-state index in [9.17, 15) is 4.79 Å². The third kappa shape index (κ3) is 4.29. The van der Waals surface area contributed by atoms with Crippen molar-refractivity contribution in [3.8, 4) is 5.75 Å². The maximum Gasteiger partial charge on any atom is 0.309 e. The van der Waals surface area contributed by atoms with Crippen molar-refractivity contribution in [3.05, 3.63) is 29.8 Å². The van der Waals surface area contributed by atoms with Crippen LogP contribution in [0.4, 0.5) is 0 Å². The Labute approximate surface area is 145 Å². The zero-order chi connectivity index (χ0) is 16.9. The van der Waals surface area contributed by atoms with Gasteiger partial charge < -0.3 is 14.4 Å². The summed E-state index contributed by atoms with van der Waals surface area (Å²) in [6.07, 6.45) is 5.65. The predicted molar refractivity (Wildman–Crippen MR) is 94.1 cm³/mol. The van der Waals surface area contributed by atoms with Gasteiger partial charge in [-0.2, -0.15) is 0 Å². The lowest BCUT2D eigenvalue weighted by molar-refractivity contribution is -0.139. The number of hydrogen-bond donors (Lipinski definition) is 0. The van der Waals surface area contributed by atoms with Crippen LogP contribution in [0.2, 0.25) is 0 Å². The SMILES string of the molecule is COC(=O)Cc1ccc(OCCC2[C@@H]3CCC[C@H]2CN(C)C3)cc1. The largest absolute Gasteiger partial charge is 0.494 e. The van der Waals surface area contributed by atoms with Crippen molar-refractivity contribution >= 4 is 5.97 Å². The van der Waals surface area contributed by atoms with Gasteiger partial charge in [0.15, 0.2) is 0 Å². The second kappa shape index (κ2) is 8.02. The minimum atomic E-state index is -0.211. The monoisotopic (exact) mass is 331 g/mol. The standard InChI is InChI=1S/C20H29NO3/c1-21-13-16-4-3-5-17(14-21)19(16)10-11-24-18-8-6-15(7-9-18)12-20(22)23-2/h6-9,16-17,19H,3-5,10-14H2,1-2H3/t16-,17+,19?. The molecule has 1 heterocycles. The summed E-state index contributed by atoms with van der Waals surface area (Å²) in [5.74, 6) is 3.22. The molecule has 1 aliphatic carbocycles. The first-order chi connectivity index (χ1) is 11.7. The maximum absolute atomic E-state index is 11.3. The molecule has 3 rings (SSSR count). The number of carbonyl (C=O) groups excluding carboxylic acids is 1. The van der Waals surface area contributed by atoms with Crippen LogP contribution in [0.25, 0.3) is 0 Å². The van der Waals surface area contributed by atoms with E-state index in [1.54, 1.807) is 0 Å². The lowest BCUT2D eigenvalue weighted by Gasteiger charge is -2.46. The number of hydrogen-bond acceptors (Lipinski definition) is 4. The van der Waals surface area contributed by atoms with E-state index >= 15 is 0 Å². The molecule has 1 aliphatic heterocycles. The molecule has 2 aliphatic rings. The quantitative estimate of drug-likeness (QED) is 0.751. The minimum absolute atomic E-state index is 0.211. The van der Waals surface area contributed by atoms with Crippen molar-refractivity contribution < 1.29 is 14.3 Å². The summed E-state index contributed by atoms with van der Waals surface area (Å²) in [5, 5.41) is 0. The van der Waals surface area contributed by atoms with E-state index in [1.165, 1.54) is 39.5 Å². The van der Waals surface area contributed by atoms with Crippen LogP contribution in [-0.2, 0) is 16.0 Å². The van der Waals surface area contributed by atoms with Gasteiger partial charge in [-0.25, -0.2) is 0 Å². The van der Waals surface area contributed by atoms with Gasteiger partial charge in [0.1, 0.15) is 5.75 Å². The highest BCUT2D eigenvalue weighted by Gasteiger charge is 2.37. The summed E-state index contributed by atoms with van der Waals surface area (Å²) in [7, 11) is 3.67. The van der Waals surface area contributed by atoms with Crippen LogP contribution >= 0.6 is 0 Å². The lowest BCUT2D eigenvalue weighted by atomic mass is 9.68. The van der Waals surface area contributed by atoms with Crippen molar-refractivity contribution in [2.75, 3.05) is 33.9 Å². The molecule has 1 saturated heterocycles. The normalized spacial score (nSPS) is 26.8. The molecule has 4 heteroatoms. The Bertz CT molecular complexity index is 528.